The summed E-state index contributed by atoms with van der Waals surface area (Å²) < 4.78 is 1.85. The second kappa shape index (κ2) is 7.00. The first kappa shape index (κ1) is 16.4. The number of nitrogen functional groups attached to an aromatic ring is 1. The standard InChI is InChI=1S/C17H19N7O/c1-3-20-21-8-14-6-13(7-19-17(14)18)12-4-5-16-23-15(22-11(2)25)10-24(16)9-12/h4-10,20H,3H2,1-2H3,(H2,18,19)(H,22,25)/b21-8+. The lowest BCUT2D eigenvalue weighted by atomic mass is 10.1. The number of nitrogens with two attached hydrogens (primary N) is 1. The van der Waals surface area contributed by atoms with E-state index in [1.54, 1.807) is 18.6 Å². The monoisotopic (exact) mass is 337 g/mol. The predicted octanol–water partition coefficient (Wildman–Crippen LogP) is 1.88. The van der Waals surface area contributed by atoms with Gasteiger partial charge >= 0.3 is 0 Å². The number of amides is 1. The van der Waals surface area contributed by atoms with Crippen LogP contribution in [0, 0.1) is 0 Å². The minimum Gasteiger partial charge on any atom is -0.383 e. The van der Waals surface area contributed by atoms with Gasteiger partial charge < -0.3 is 20.9 Å². The number of carbonyl (C=O) groups excluding carboxylic acids is 1. The number of rotatable bonds is 5. The van der Waals surface area contributed by atoms with Crippen LogP contribution >= 0.6 is 0 Å². The molecule has 0 aromatic carbocycles. The first-order valence-electron chi connectivity index (χ1n) is 7.85. The molecule has 8 nitrogen and oxygen atoms in total. The van der Waals surface area contributed by atoms with Crippen LogP contribution in [0.5, 0.6) is 0 Å². The van der Waals surface area contributed by atoms with E-state index >= 15 is 0 Å². The third kappa shape index (κ3) is 3.74. The molecule has 0 unspecified atom stereocenters. The zero-order valence-electron chi connectivity index (χ0n) is 14.0. The number of carbonyl (C=O) groups is 1. The molecule has 3 aromatic rings. The Morgan fingerprint density at radius 1 is 1.36 bits per heavy atom. The van der Waals surface area contributed by atoms with E-state index in [-0.39, 0.29) is 5.91 Å². The van der Waals surface area contributed by atoms with E-state index in [1.165, 1.54) is 6.92 Å². The maximum absolute atomic E-state index is 11.2. The molecule has 128 valence electrons. The van der Waals surface area contributed by atoms with E-state index in [0.29, 0.717) is 11.6 Å². The van der Waals surface area contributed by atoms with Gasteiger partial charge in [0.25, 0.3) is 0 Å². The molecule has 0 atom stereocenters. The van der Waals surface area contributed by atoms with Crippen molar-refractivity contribution in [2.24, 2.45) is 5.10 Å². The van der Waals surface area contributed by atoms with E-state index in [2.05, 4.69) is 25.8 Å². The second-order valence-electron chi connectivity index (χ2n) is 5.46. The Balaban J connectivity index is 1.95. The Kier molecular flexibility index (Phi) is 4.60. The van der Waals surface area contributed by atoms with Crippen molar-refractivity contribution < 1.29 is 4.79 Å². The van der Waals surface area contributed by atoms with Crippen molar-refractivity contribution in [2.75, 3.05) is 17.6 Å². The highest BCUT2D eigenvalue weighted by Crippen LogP contribution is 2.22. The topological polar surface area (TPSA) is 110 Å². The molecule has 3 heterocycles. The zero-order valence-corrected chi connectivity index (χ0v) is 14.0. The first-order chi connectivity index (χ1) is 12.1. The van der Waals surface area contributed by atoms with Gasteiger partial charge in [-0.1, -0.05) is 0 Å². The van der Waals surface area contributed by atoms with Crippen LogP contribution in [-0.4, -0.2) is 33.0 Å². The molecule has 3 rings (SSSR count). The van der Waals surface area contributed by atoms with Gasteiger partial charge in [0.15, 0.2) is 5.82 Å². The number of imidazole rings is 1. The summed E-state index contributed by atoms with van der Waals surface area (Å²) in [5.74, 6) is 0.775. The smallest absolute Gasteiger partial charge is 0.222 e. The van der Waals surface area contributed by atoms with Crippen molar-refractivity contribution in [2.45, 2.75) is 13.8 Å². The fourth-order valence-electron chi connectivity index (χ4n) is 2.36. The Morgan fingerprint density at radius 3 is 2.96 bits per heavy atom. The maximum atomic E-state index is 11.2. The Morgan fingerprint density at radius 2 is 2.20 bits per heavy atom. The summed E-state index contributed by atoms with van der Waals surface area (Å²) in [5, 5.41) is 6.76. The van der Waals surface area contributed by atoms with Crippen LogP contribution in [0.15, 0.2) is 41.9 Å². The number of pyridine rings is 2. The van der Waals surface area contributed by atoms with Crippen LogP contribution in [-0.2, 0) is 4.79 Å². The van der Waals surface area contributed by atoms with Gasteiger partial charge in [-0.15, -0.1) is 0 Å². The van der Waals surface area contributed by atoms with Gasteiger partial charge in [0, 0.05) is 42.6 Å². The minimum absolute atomic E-state index is 0.156. The number of hydrogen-bond acceptors (Lipinski definition) is 6. The minimum atomic E-state index is -0.156. The Bertz CT molecular complexity index is 945. The average Bonchev–Trinajstić information content (AvgIpc) is 2.97. The van der Waals surface area contributed by atoms with Crippen LogP contribution < -0.4 is 16.5 Å². The van der Waals surface area contributed by atoms with E-state index < -0.39 is 0 Å². The van der Waals surface area contributed by atoms with Crippen molar-refractivity contribution >= 4 is 29.4 Å². The number of anilines is 2. The molecular weight excluding hydrogens is 318 g/mol. The molecule has 0 aliphatic heterocycles. The van der Waals surface area contributed by atoms with E-state index in [0.717, 1.165) is 28.9 Å². The number of fused-ring (bicyclic) bond motifs is 1. The summed E-state index contributed by atoms with van der Waals surface area (Å²) in [6, 6.07) is 5.75. The highest BCUT2D eigenvalue weighted by molar-refractivity contribution is 5.88. The van der Waals surface area contributed by atoms with Gasteiger partial charge in [0.05, 0.1) is 12.4 Å². The number of nitrogens with one attached hydrogen (secondary N) is 2. The number of nitrogens with zero attached hydrogens (tertiary/aromatic N) is 4. The SMILES string of the molecule is CCN/N=C/c1cc(-c2ccc3nc(NC(C)=O)cn3c2)cnc1N. The first-order valence-corrected chi connectivity index (χ1v) is 7.85. The maximum Gasteiger partial charge on any atom is 0.222 e. The van der Waals surface area contributed by atoms with Crippen molar-refractivity contribution in [3.63, 3.8) is 0 Å². The molecule has 0 saturated carbocycles. The molecule has 25 heavy (non-hydrogen) atoms. The van der Waals surface area contributed by atoms with E-state index in [9.17, 15) is 4.79 Å². The summed E-state index contributed by atoms with van der Waals surface area (Å²) >= 11 is 0. The fraction of sp³-hybridized carbons (Fsp3) is 0.176. The van der Waals surface area contributed by atoms with Gasteiger partial charge in [-0.25, -0.2) is 9.97 Å². The second-order valence-corrected chi connectivity index (χ2v) is 5.46. The lowest BCUT2D eigenvalue weighted by molar-refractivity contribution is -0.114. The van der Waals surface area contributed by atoms with Gasteiger partial charge in [-0.3, -0.25) is 4.79 Å². The van der Waals surface area contributed by atoms with Crippen molar-refractivity contribution in [1.29, 1.82) is 0 Å². The summed E-state index contributed by atoms with van der Waals surface area (Å²) in [6.45, 7) is 4.15. The molecule has 0 bridgehead atoms. The van der Waals surface area contributed by atoms with Gasteiger partial charge in [0.1, 0.15) is 11.5 Å². The third-order valence-corrected chi connectivity index (χ3v) is 3.49. The Labute approximate surface area is 144 Å². The number of hydrazone groups is 1. The number of hydrogen-bond donors (Lipinski definition) is 3. The molecule has 0 saturated heterocycles. The molecule has 3 aromatic heterocycles. The quantitative estimate of drug-likeness (QED) is 0.486. The molecule has 1 amide bonds. The summed E-state index contributed by atoms with van der Waals surface area (Å²) in [4.78, 5) is 19.7. The molecule has 0 aliphatic rings. The van der Waals surface area contributed by atoms with Crippen molar-refractivity contribution in [3.05, 3.63) is 42.4 Å². The molecular formula is C17H19N7O. The van der Waals surface area contributed by atoms with Crippen molar-refractivity contribution in [1.82, 2.24) is 19.8 Å². The molecule has 4 N–H and O–H groups in total. The normalized spacial score (nSPS) is 11.1. The van der Waals surface area contributed by atoms with Crippen LogP contribution in [0.3, 0.4) is 0 Å². The number of aromatic nitrogens is 3. The largest absolute Gasteiger partial charge is 0.383 e. The zero-order chi connectivity index (χ0) is 17.8. The highest BCUT2D eigenvalue weighted by atomic mass is 16.1. The van der Waals surface area contributed by atoms with Crippen LogP contribution in [0.25, 0.3) is 16.8 Å². The van der Waals surface area contributed by atoms with E-state index in [4.69, 9.17) is 5.73 Å². The van der Waals surface area contributed by atoms with Crippen LogP contribution in [0.4, 0.5) is 11.6 Å². The molecule has 0 radical (unpaired) electrons. The Hall–Kier alpha value is -3.42. The fourth-order valence-corrected chi connectivity index (χ4v) is 2.36. The van der Waals surface area contributed by atoms with Gasteiger partial charge in [-0.05, 0) is 25.1 Å². The summed E-state index contributed by atoms with van der Waals surface area (Å²) in [7, 11) is 0. The van der Waals surface area contributed by atoms with Gasteiger partial charge in [0.2, 0.25) is 5.91 Å². The molecule has 0 fully saturated rings. The molecule has 0 aliphatic carbocycles. The summed E-state index contributed by atoms with van der Waals surface area (Å²) in [5.41, 5.74) is 12.1. The third-order valence-electron chi connectivity index (χ3n) is 3.49. The molecule has 8 heteroatoms. The van der Waals surface area contributed by atoms with Gasteiger partial charge in [-0.2, -0.15) is 5.10 Å². The lowest BCUT2D eigenvalue weighted by Crippen LogP contribution is -2.05. The average molecular weight is 337 g/mol. The van der Waals surface area contributed by atoms with Crippen LogP contribution in [0.2, 0.25) is 0 Å². The predicted molar refractivity (Wildman–Crippen MR) is 98.4 cm³/mol. The lowest BCUT2D eigenvalue weighted by Gasteiger charge is -2.05. The molecule has 0 spiro atoms. The van der Waals surface area contributed by atoms with Crippen LogP contribution in [0.1, 0.15) is 19.4 Å². The van der Waals surface area contributed by atoms with E-state index in [1.807, 2.05) is 35.7 Å². The van der Waals surface area contributed by atoms with Crippen molar-refractivity contribution in [3.8, 4) is 11.1 Å². The summed E-state index contributed by atoms with van der Waals surface area (Å²) in [6.07, 6.45) is 7.05. The highest BCUT2D eigenvalue weighted by Gasteiger charge is 2.07.